The highest BCUT2D eigenvalue weighted by Gasteiger charge is 2.11. The Bertz CT molecular complexity index is 1230. The molecule has 4 aromatic carbocycles. The van der Waals surface area contributed by atoms with Crippen LogP contribution in [0.1, 0.15) is 5.56 Å². The van der Waals surface area contributed by atoms with Gasteiger partial charge in [-0.1, -0.05) is 102 Å². The van der Waals surface area contributed by atoms with Crippen LogP contribution in [0, 0.1) is 6.92 Å². The fourth-order valence-corrected chi connectivity index (χ4v) is 3.92. The van der Waals surface area contributed by atoms with Crippen LogP contribution in [0.4, 0.5) is 0 Å². The molecule has 0 N–H and O–H groups in total. The summed E-state index contributed by atoms with van der Waals surface area (Å²) in [4.78, 5) is 9.30. The molecular weight excluding hydrogens is 412 g/mol. The fourth-order valence-electron chi connectivity index (χ4n) is 3.79. The summed E-state index contributed by atoms with van der Waals surface area (Å²) in [6.45, 7) is 2.10. The first kappa shape index (κ1) is 20.2. The van der Waals surface area contributed by atoms with E-state index in [9.17, 15) is 0 Å². The van der Waals surface area contributed by atoms with Gasteiger partial charge in [0.1, 0.15) is 0 Å². The molecule has 1 aromatic heterocycles. The number of hydrogen-bond acceptors (Lipinski definition) is 2. The van der Waals surface area contributed by atoms with Gasteiger partial charge in [-0.25, -0.2) is 0 Å². The molecule has 0 radical (unpaired) electrons. The number of aryl methyl sites for hydroxylation is 1. The van der Waals surface area contributed by atoms with Crippen molar-refractivity contribution in [1.29, 1.82) is 0 Å². The lowest BCUT2D eigenvalue weighted by molar-refractivity contribution is 1.21. The SMILES string of the molecule is Cc1ccc(-c2ccc(-c3nccnc3-c3ccc(-c4ccc(Cl)cc4)cc3)cc2)cc1. The van der Waals surface area contributed by atoms with Crippen LogP contribution in [0.25, 0.3) is 44.8 Å². The van der Waals surface area contributed by atoms with Gasteiger partial charge in [-0.2, -0.15) is 0 Å². The Balaban J connectivity index is 1.46. The first-order chi connectivity index (χ1) is 15.7. The van der Waals surface area contributed by atoms with Gasteiger partial charge in [-0.05, 0) is 41.3 Å². The maximum absolute atomic E-state index is 6.02. The summed E-state index contributed by atoms with van der Waals surface area (Å²) in [6.07, 6.45) is 3.49. The Hall–Kier alpha value is -3.75. The Labute approximate surface area is 193 Å². The van der Waals surface area contributed by atoms with Crippen LogP contribution in [0.2, 0.25) is 5.02 Å². The minimum absolute atomic E-state index is 0.739. The largest absolute Gasteiger partial charge is 0.252 e. The van der Waals surface area contributed by atoms with Crippen molar-refractivity contribution < 1.29 is 0 Å². The first-order valence-corrected chi connectivity index (χ1v) is 10.9. The lowest BCUT2D eigenvalue weighted by Gasteiger charge is -2.10. The second kappa shape index (κ2) is 8.78. The number of halogens is 1. The van der Waals surface area contributed by atoms with Crippen molar-refractivity contribution in [1.82, 2.24) is 9.97 Å². The highest BCUT2D eigenvalue weighted by Crippen LogP contribution is 2.31. The minimum atomic E-state index is 0.739. The zero-order chi connectivity index (χ0) is 21.9. The summed E-state index contributed by atoms with van der Waals surface area (Å²) in [5.74, 6) is 0. The number of rotatable bonds is 4. The lowest BCUT2D eigenvalue weighted by atomic mass is 9.98. The van der Waals surface area contributed by atoms with E-state index < -0.39 is 0 Å². The Morgan fingerprint density at radius 3 is 1.16 bits per heavy atom. The molecule has 0 amide bonds. The van der Waals surface area contributed by atoms with Gasteiger partial charge in [0.05, 0.1) is 11.4 Å². The van der Waals surface area contributed by atoms with Gasteiger partial charge in [-0.3, -0.25) is 9.97 Å². The standard InChI is InChI=1S/C29H21ClN2/c1-20-2-4-21(5-3-20)22-6-10-25(11-7-22)28-29(32-19-18-31-28)26-12-8-23(9-13-26)24-14-16-27(30)17-15-24/h2-19H,1H3. The van der Waals surface area contributed by atoms with Crippen molar-refractivity contribution in [2.75, 3.05) is 0 Å². The van der Waals surface area contributed by atoms with E-state index in [4.69, 9.17) is 11.6 Å². The third kappa shape index (κ3) is 4.18. The maximum Gasteiger partial charge on any atom is 0.0965 e. The molecule has 0 aliphatic heterocycles. The van der Waals surface area contributed by atoms with Crippen LogP contribution in [0.3, 0.4) is 0 Å². The van der Waals surface area contributed by atoms with Crippen LogP contribution >= 0.6 is 11.6 Å². The number of aromatic nitrogens is 2. The molecule has 5 aromatic rings. The third-order valence-corrected chi connectivity index (χ3v) is 5.83. The van der Waals surface area contributed by atoms with Crippen molar-refractivity contribution in [2.45, 2.75) is 6.92 Å². The Kier molecular flexibility index (Phi) is 5.53. The van der Waals surface area contributed by atoms with E-state index in [1.165, 1.54) is 16.7 Å². The molecule has 0 unspecified atom stereocenters. The molecule has 0 spiro atoms. The molecule has 0 saturated heterocycles. The van der Waals surface area contributed by atoms with E-state index in [2.05, 4.69) is 89.7 Å². The van der Waals surface area contributed by atoms with Gasteiger partial charge in [0.25, 0.3) is 0 Å². The Morgan fingerprint density at radius 2 is 0.750 bits per heavy atom. The molecular formula is C29H21ClN2. The van der Waals surface area contributed by atoms with Crippen LogP contribution < -0.4 is 0 Å². The summed E-state index contributed by atoms with van der Waals surface area (Å²) in [6, 6.07) is 33.4. The summed E-state index contributed by atoms with van der Waals surface area (Å²) in [7, 11) is 0. The topological polar surface area (TPSA) is 25.8 Å². The maximum atomic E-state index is 6.02. The van der Waals surface area contributed by atoms with Crippen LogP contribution in [0.5, 0.6) is 0 Å². The smallest absolute Gasteiger partial charge is 0.0965 e. The minimum Gasteiger partial charge on any atom is -0.252 e. The summed E-state index contributed by atoms with van der Waals surface area (Å²) >= 11 is 6.02. The van der Waals surface area contributed by atoms with Crippen molar-refractivity contribution in [2.24, 2.45) is 0 Å². The van der Waals surface area contributed by atoms with E-state index in [0.717, 1.165) is 38.7 Å². The van der Waals surface area contributed by atoms with E-state index in [1.54, 1.807) is 12.4 Å². The molecule has 1 heterocycles. The zero-order valence-corrected chi connectivity index (χ0v) is 18.4. The van der Waals surface area contributed by atoms with E-state index in [0.29, 0.717) is 0 Å². The van der Waals surface area contributed by atoms with Gasteiger partial charge in [0.2, 0.25) is 0 Å². The second-order valence-corrected chi connectivity index (χ2v) is 8.22. The summed E-state index contributed by atoms with van der Waals surface area (Å²) < 4.78 is 0. The van der Waals surface area contributed by atoms with Gasteiger partial charge in [0.15, 0.2) is 0 Å². The third-order valence-electron chi connectivity index (χ3n) is 5.58. The molecule has 3 heteroatoms. The van der Waals surface area contributed by atoms with Crippen molar-refractivity contribution in [3.05, 3.63) is 120 Å². The molecule has 5 rings (SSSR count). The number of hydrogen-bond donors (Lipinski definition) is 0. The Morgan fingerprint density at radius 1 is 0.438 bits per heavy atom. The molecule has 32 heavy (non-hydrogen) atoms. The van der Waals surface area contributed by atoms with Crippen molar-refractivity contribution in [3.8, 4) is 44.8 Å². The first-order valence-electron chi connectivity index (χ1n) is 10.5. The van der Waals surface area contributed by atoms with E-state index in [1.807, 2.05) is 24.3 Å². The predicted octanol–water partition coefficient (Wildman–Crippen LogP) is 8.11. The quantitative estimate of drug-likeness (QED) is 0.286. The molecule has 0 fully saturated rings. The van der Waals surface area contributed by atoms with Crippen molar-refractivity contribution >= 4 is 11.6 Å². The molecule has 0 aliphatic rings. The molecule has 0 atom stereocenters. The van der Waals surface area contributed by atoms with Gasteiger partial charge in [0, 0.05) is 28.5 Å². The van der Waals surface area contributed by atoms with Gasteiger partial charge < -0.3 is 0 Å². The normalized spacial score (nSPS) is 10.8. The highest BCUT2D eigenvalue weighted by molar-refractivity contribution is 6.30. The molecule has 0 bridgehead atoms. The molecule has 0 aliphatic carbocycles. The average Bonchev–Trinajstić information content (AvgIpc) is 2.85. The lowest BCUT2D eigenvalue weighted by Crippen LogP contribution is -1.92. The second-order valence-electron chi connectivity index (χ2n) is 7.78. The number of benzene rings is 4. The summed E-state index contributed by atoms with van der Waals surface area (Å²) in [5, 5.41) is 0.739. The zero-order valence-electron chi connectivity index (χ0n) is 17.7. The molecule has 154 valence electrons. The average molecular weight is 433 g/mol. The van der Waals surface area contributed by atoms with Gasteiger partial charge >= 0.3 is 0 Å². The predicted molar refractivity (Wildman–Crippen MR) is 134 cm³/mol. The molecule has 2 nitrogen and oxygen atoms in total. The number of nitrogens with zero attached hydrogens (tertiary/aromatic N) is 2. The summed E-state index contributed by atoms with van der Waals surface area (Å²) in [5.41, 5.74) is 9.76. The van der Waals surface area contributed by atoms with E-state index in [-0.39, 0.29) is 0 Å². The van der Waals surface area contributed by atoms with Crippen LogP contribution in [0.15, 0.2) is 109 Å². The van der Waals surface area contributed by atoms with E-state index >= 15 is 0 Å². The van der Waals surface area contributed by atoms with Crippen LogP contribution in [-0.2, 0) is 0 Å². The fraction of sp³-hybridized carbons (Fsp3) is 0.0345. The molecule has 0 saturated carbocycles. The van der Waals surface area contributed by atoms with Crippen molar-refractivity contribution in [3.63, 3.8) is 0 Å². The highest BCUT2D eigenvalue weighted by atomic mass is 35.5. The van der Waals surface area contributed by atoms with Crippen LogP contribution in [-0.4, -0.2) is 9.97 Å². The monoisotopic (exact) mass is 432 g/mol. The van der Waals surface area contributed by atoms with Gasteiger partial charge in [-0.15, -0.1) is 0 Å².